The van der Waals surface area contributed by atoms with Crippen molar-refractivity contribution in [3.05, 3.63) is 34.3 Å². The highest BCUT2D eigenvalue weighted by Gasteiger charge is 2.71. The monoisotopic (exact) mass is 327 g/mol. The second-order valence-electron chi connectivity index (χ2n) is 4.44. The second kappa shape index (κ2) is 4.18. The van der Waals surface area contributed by atoms with E-state index in [1.807, 2.05) is 6.07 Å². The molecule has 1 aliphatic carbocycles. The Labute approximate surface area is 114 Å². The van der Waals surface area contributed by atoms with Crippen molar-refractivity contribution in [3.8, 4) is 6.07 Å². The number of hydrogen-bond donors (Lipinski definition) is 0. The summed E-state index contributed by atoms with van der Waals surface area (Å²) in [6, 6.07) is 8.85. The number of nitriles is 1. The van der Waals surface area contributed by atoms with Crippen LogP contribution in [-0.4, -0.2) is 26.2 Å². The number of aldehydes is 1. The van der Waals surface area contributed by atoms with Gasteiger partial charge in [-0.2, -0.15) is 5.26 Å². The van der Waals surface area contributed by atoms with Crippen LogP contribution in [0, 0.1) is 16.7 Å². The third kappa shape index (κ3) is 1.88. The lowest BCUT2D eigenvalue weighted by atomic mass is 10.0. The molecule has 1 aromatic carbocycles. The van der Waals surface area contributed by atoms with Crippen LogP contribution in [0.5, 0.6) is 0 Å². The van der Waals surface area contributed by atoms with E-state index in [4.69, 9.17) is 5.26 Å². The number of carbonyl (C=O) groups excluding carboxylic acids is 1. The van der Waals surface area contributed by atoms with Gasteiger partial charge < -0.3 is 4.79 Å². The van der Waals surface area contributed by atoms with Gasteiger partial charge in [0.25, 0.3) is 0 Å². The first kappa shape index (κ1) is 13.2. The summed E-state index contributed by atoms with van der Waals surface area (Å²) in [5.74, 6) is -0.567. The molecule has 1 saturated carbocycles. The average Bonchev–Trinajstić information content (AvgIpc) is 3.00. The molecule has 4 nitrogen and oxygen atoms in total. The first-order valence-electron chi connectivity index (χ1n) is 5.18. The van der Waals surface area contributed by atoms with E-state index in [-0.39, 0.29) is 0 Å². The van der Waals surface area contributed by atoms with Crippen LogP contribution < -0.4 is 0 Å². The Morgan fingerprint density at radius 3 is 2.28 bits per heavy atom. The molecule has 0 aliphatic heterocycles. The van der Waals surface area contributed by atoms with Gasteiger partial charge in [-0.1, -0.05) is 28.1 Å². The van der Waals surface area contributed by atoms with Crippen LogP contribution in [-0.2, 0) is 14.6 Å². The first-order chi connectivity index (χ1) is 8.36. The molecule has 0 bridgehead atoms. The van der Waals surface area contributed by atoms with Crippen molar-refractivity contribution in [2.24, 2.45) is 5.41 Å². The Hall–Kier alpha value is -1.19. The van der Waals surface area contributed by atoms with E-state index in [0.29, 0.717) is 11.8 Å². The van der Waals surface area contributed by atoms with Gasteiger partial charge in [-0.05, 0) is 17.7 Å². The summed E-state index contributed by atoms with van der Waals surface area (Å²) in [6.07, 6.45) is 1.53. The SMILES string of the molecule is CS(=O)(=O)[C@@H]1[C@@H](c2ccc(Br)cc2)[C@]1(C#N)C=O. The summed E-state index contributed by atoms with van der Waals surface area (Å²) in [6.45, 7) is 0. The van der Waals surface area contributed by atoms with E-state index in [9.17, 15) is 13.2 Å². The van der Waals surface area contributed by atoms with E-state index in [1.165, 1.54) is 0 Å². The van der Waals surface area contributed by atoms with Crippen molar-refractivity contribution in [2.45, 2.75) is 11.2 Å². The van der Waals surface area contributed by atoms with Crippen molar-refractivity contribution in [2.75, 3.05) is 6.26 Å². The number of carbonyl (C=O) groups is 1. The highest BCUT2D eigenvalue weighted by Crippen LogP contribution is 2.61. The summed E-state index contributed by atoms with van der Waals surface area (Å²) in [5.41, 5.74) is -0.733. The molecule has 1 aliphatic rings. The van der Waals surface area contributed by atoms with Crippen molar-refractivity contribution < 1.29 is 13.2 Å². The Morgan fingerprint density at radius 2 is 1.94 bits per heavy atom. The highest BCUT2D eigenvalue weighted by atomic mass is 79.9. The quantitative estimate of drug-likeness (QED) is 0.791. The lowest BCUT2D eigenvalue weighted by Crippen LogP contribution is -2.14. The molecule has 0 spiro atoms. The summed E-state index contributed by atoms with van der Waals surface area (Å²) in [7, 11) is -3.43. The molecule has 2 rings (SSSR count). The zero-order valence-corrected chi connectivity index (χ0v) is 11.9. The molecule has 3 atom stereocenters. The number of sulfone groups is 1. The molecule has 0 heterocycles. The van der Waals surface area contributed by atoms with Crippen LogP contribution in [0.15, 0.2) is 28.7 Å². The first-order valence-corrected chi connectivity index (χ1v) is 7.93. The van der Waals surface area contributed by atoms with Crippen LogP contribution >= 0.6 is 15.9 Å². The van der Waals surface area contributed by atoms with Gasteiger partial charge >= 0.3 is 0 Å². The zero-order chi connectivity index (χ0) is 13.6. The Kier molecular flexibility index (Phi) is 3.07. The van der Waals surface area contributed by atoms with E-state index >= 15 is 0 Å². The van der Waals surface area contributed by atoms with Gasteiger partial charge in [0.05, 0.1) is 11.3 Å². The zero-order valence-electron chi connectivity index (χ0n) is 9.50. The number of hydrogen-bond acceptors (Lipinski definition) is 4. The van der Waals surface area contributed by atoms with Gasteiger partial charge in [0, 0.05) is 16.6 Å². The van der Waals surface area contributed by atoms with E-state index < -0.39 is 26.4 Å². The van der Waals surface area contributed by atoms with Crippen molar-refractivity contribution in [1.82, 2.24) is 0 Å². The van der Waals surface area contributed by atoms with Crippen LogP contribution in [0.3, 0.4) is 0 Å². The molecule has 1 aromatic rings. The molecule has 0 N–H and O–H groups in total. The van der Waals surface area contributed by atoms with Gasteiger partial charge in [0.15, 0.2) is 9.84 Å². The summed E-state index contributed by atoms with van der Waals surface area (Å²) < 4.78 is 24.2. The third-order valence-corrected chi connectivity index (χ3v) is 5.37. The fraction of sp³-hybridized carbons (Fsp3) is 0.333. The average molecular weight is 328 g/mol. The standard InChI is InChI=1S/C12H10BrNO3S/c1-18(16,17)11-10(12(11,6-14)7-15)8-2-4-9(13)5-3-8/h2-5,7,10-11H,1H3/t10-,11-,12+/m1/s1. The summed E-state index contributed by atoms with van der Waals surface area (Å²) >= 11 is 3.28. The summed E-state index contributed by atoms with van der Waals surface area (Å²) in [5, 5.41) is 8.19. The molecule has 0 radical (unpaired) electrons. The van der Waals surface area contributed by atoms with E-state index in [1.54, 1.807) is 24.3 Å². The van der Waals surface area contributed by atoms with Gasteiger partial charge in [-0.25, -0.2) is 8.42 Å². The third-order valence-electron chi connectivity index (χ3n) is 3.26. The fourth-order valence-corrected chi connectivity index (χ4v) is 4.42. The van der Waals surface area contributed by atoms with Gasteiger partial charge in [0.2, 0.25) is 0 Å². The lowest BCUT2D eigenvalue weighted by molar-refractivity contribution is -0.110. The minimum Gasteiger partial charge on any atom is -0.302 e. The molecule has 0 unspecified atom stereocenters. The summed E-state index contributed by atoms with van der Waals surface area (Å²) in [4.78, 5) is 11.1. The normalized spacial score (nSPS) is 30.5. The second-order valence-corrected chi connectivity index (χ2v) is 7.52. The molecular formula is C12H10BrNO3S. The maximum Gasteiger partial charge on any atom is 0.153 e. The Morgan fingerprint density at radius 1 is 1.39 bits per heavy atom. The molecule has 1 fully saturated rings. The number of rotatable bonds is 3. The van der Waals surface area contributed by atoms with Gasteiger partial charge in [-0.15, -0.1) is 0 Å². The number of nitrogens with zero attached hydrogens (tertiary/aromatic N) is 1. The van der Waals surface area contributed by atoms with Gasteiger partial charge in [0.1, 0.15) is 11.7 Å². The number of halogens is 1. The lowest BCUT2D eigenvalue weighted by Gasteiger charge is -1.99. The molecule has 94 valence electrons. The smallest absolute Gasteiger partial charge is 0.153 e. The predicted molar refractivity (Wildman–Crippen MR) is 69.6 cm³/mol. The maximum absolute atomic E-state index is 11.7. The van der Waals surface area contributed by atoms with Crippen molar-refractivity contribution >= 4 is 32.1 Å². The van der Waals surface area contributed by atoms with E-state index in [2.05, 4.69) is 15.9 Å². The van der Waals surface area contributed by atoms with Crippen LogP contribution in [0.1, 0.15) is 11.5 Å². The molecule has 0 aromatic heterocycles. The van der Waals surface area contributed by atoms with Gasteiger partial charge in [-0.3, -0.25) is 0 Å². The van der Waals surface area contributed by atoms with Crippen molar-refractivity contribution in [3.63, 3.8) is 0 Å². The fourth-order valence-electron chi connectivity index (χ4n) is 2.40. The molecular weight excluding hydrogens is 318 g/mol. The predicted octanol–water partition coefficient (Wildman–Crippen LogP) is 1.67. The Balaban J connectivity index is 2.49. The number of benzene rings is 1. The Bertz CT molecular complexity index is 632. The van der Waals surface area contributed by atoms with Crippen LogP contribution in [0.25, 0.3) is 0 Å². The maximum atomic E-state index is 11.7. The van der Waals surface area contributed by atoms with Crippen LogP contribution in [0.4, 0.5) is 0 Å². The van der Waals surface area contributed by atoms with Crippen molar-refractivity contribution in [1.29, 1.82) is 5.26 Å². The highest BCUT2D eigenvalue weighted by molar-refractivity contribution is 9.10. The molecule has 0 saturated heterocycles. The molecule has 0 amide bonds. The molecule has 18 heavy (non-hydrogen) atoms. The minimum atomic E-state index is -3.43. The largest absolute Gasteiger partial charge is 0.302 e. The minimum absolute atomic E-state index is 0.464. The molecule has 6 heteroatoms. The topological polar surface area (TPSA) is 75.0 Å². The van der Waals surface area contributed by atoms with E-state index in [0.717, 1.165) is 10.7 Å². The van der Waals surface area contributed by atoms with Crippen LogP contribution in [0.2, 0.25) is 0 Å².